The van der Waals surface area contributed by atoms with Crippen molar-refractivity contribution in [2.24, 2.45) is 9.98 Å². The van der Waals surface area contributed by atoms with E-state index in [1.165, 1.54) is 0 Å². The molecule has 4 aromatic carbocycles. The minimum Gasteiger partial charge on any atom is -0.478 e. The molecule has 0 spiro atoms. The predicted molar refractivity (Wildman–Crippen MR) is 211 cm³/mol. The number of carboxylic acids is 2. The van der Waals surface area contributed by atoms with E-state index in [0.717, 1.165) is 67.6 Å². The summed E-state index contributed by atoms with van der Waals surface area (Å²) in [6.07, 6.45) is 14.3. The molecule has 8 bridgehead atoms. The van der Waals surface area contributed by atoms with Crippen LogP contribution in [-0.2, 0) is 5.41 Å². The summed E-state index contributed by atoms with van der Waals surface area (Å²) in [6.45, 7) is 0. The number of hydrogen-bond donors (Lipinski definition) is 4. The second-order valence-electron chi connectivity index (χ2n) is 13.4. The molecule has 0 amide bonds. The SMILES string of the molecule is O=C(O)c1ccc(/C2=C3\C=CC(=N3)C(c3ccccc3)(c3ccc(C(=O)O)cc3)C3C=C/C(=C/C4=NC(=C(/c5ccccc5)c5ccc2[nH]5)/C=C4)N3)cc1. The summed E-state index contributed by atoms with van der Waals surface area (Å²) < 4.78 is 0. The Labute approximate surface area is 311 Å². The minimum atomic E-state index is -1.00. The van der Waals surface area contributed by atoms with Gasteiger partial charge in [-0.25, -0.2) is 14.6 Å². The lowest BCUT2D eigenvalue weighted by molar-refractivity contribution is 0.0686. The number of H-pyrrole nitrogens is 1. The molecule has 0 fully saturated rings. The number of aromatic amines is 1. The summed E-state index contributed by atoms with van der Waals surface area (Å²) in [5.74, 6) is -2.00. The highest BCUT2D eigenvalue weighted by atomic mass is 16.4. The number of fused-ring (bicyclic) bond motifs is 6. The number of aliphatic imine (C=N–C) groups is 2. The van der Waals surface area contributed by atoms with Crippen molar-refractivity contribution in [1.82, 2.24) is 10.3 Å². The number of carboxylic acid groups (broad SMARTS) is 2. The zero-order chi connectivity index (χ0) is 36.8. The van der Waals surface area contributed by atoms with Crippen molar-refractivity contribution in [1.29, 1.82) is 0 Å². The molecule has 1 aromatic heterocycles. The number of aromatic carboxylic acids is 2. The van der Waals surface area contributed by atoms with Crippen LogP contribution >= 0.6 is 0 Å². The van der Waals surface area contributed by atoms with Crippen LogP contribution in [0.25, 0.3) is 11.1 Å². The second kappa shape index (κ2) is 13.0. The molecule has 4 aliphatic heterocycles. The molecular weight excluding hydrogens is 673 g/mol. The van der Waals surface area contributed by atoms with Crippen LogP contribution in [0.3, 0.4) is 0 Å². The number of benzene rings is 4. The van der Waals surface area contributed by atoms with Gasteiger partial charge in [-0.15, -0.1) is 0 Å². The molecule has 2 unspecified atom stereocenters. The summed E-state index contributed by atoms with van der Waals surface area (Å²) in [4.78, 5) is 38.1. The lowest BCUT2D eigenvalue weighted by Gasteiger charge is -2.40. The number of rotatable bonds is 6. The van der Waals surface area contributed by atoms with E-state index in [1.54, 1.807) is 24.3 Å². The van der Waals surface area contributed by atoms with Crippen LogP contribution in [0.4, 0.5) is 0 Å². The Hall–Kier alpha value is -7.32. The highest BCUT2D eigenvalue weighted by molar-refractivity contribution is 6.12. The lowest BCUT2D eigenvalue weighted by Crippen LogP contribution is -2.51. The average Bonchev–Trinajstić information content (AvgIpc) is 4.04. The molecule has 54 heavy (non-hydrogen) atoms. The Morgan fingerprint density at radius 1 is 0.574 bits per heavy atom. The van der Waals surface area contributed by atoms with Crippen molar-refractivity contribution < 1.29 is 19.8 Å². The first-order valence-corrected chi connectivity index (χ1v) is 17.6. The molecule has 260 valence electrons. The number of nitrogens with zero attached hydrogens (tertiary/aromatic N) is 2. The van der Waals surface area contributed by atoms with Gasteiger partial charge in [-0.3, -0.25) is 4.99 Å². The van der Waals surface area contributed by atoms with Gasteiger partial charge in [0, 0.05) is 28.2 Å². The Morgan fingerprint density at radius 2 is 1.13 bits per heavy atom. The molecule has 4 N–H and O–H groups in total. The number of hydrogen-bond acceptors (Lipinski definition) is 5. The van der Waals surface area contributed by atoms with E-state index in [4.69, 9.17) is 9.98 Å². The highest BCUT2D eigenvalue weighted by Crippen LogP contribution is 2.44. The zero-order valence-corrected chi connectivity index (χ0v) is 28.8. The van der Waals surface area contributed by atoms with Gasteiger partial charge in [0.15, 0.2) is 0 Å². The largest absolute Gasteiger partial charge is 0.478 e. The second-order valence-corrected chi connectivity index (χ2v) is 13.4. The van der Waals surface area contributed by atoms with Crippen LogP contribution in [0.2, 0.25) is 0 Å². The molecule has 0 aliphatic carbocycles. The van der Waals surface area contributed by atoms with Gasteiger partial charge in [-0.1, -0.05) is 91.0 Å². The fourth-order valence-electron chi connectivity index (χ4n) is 7.81. The van der Waals surface area contributed by atoms with E-state index in [2.05, 4.69) is 46.7 Å². The quantitative estimate of drug-likeness (QED) is 0.141. The first-order valence-electron chi connectivity index (χ1n) is 17.6. The molecule has 8 nitrogen and oxygen atoms in total. The topological polar surface area (TPSA) is 127 Å². The van der Waals surface area contributed by atoms with Crippen molar-refractivity contribution in [3.8, 4) is 0 Å². The van der Waals surface area contributed by atoms with Crippen LogP contribution in [0.15, 0.2) is 191 Å². The first kappa shape index (κ1) is 32.6. The van der Waals surface area contributed by atoms with Gasteiger partial charge in [0.25, 0.3) is 0 Å². The summed E-state index contributed by atoms with van der Waals surface area (Å²) in [5.41, 5.74) is 10.4. The summed E-state index contributed by atoms with van der Waals surface area (Å²) >= 11 is 0. The fraction of sp³-hybridized carbons (Fsp3) is 0.0435. The third-order valence-corrected chi connectivity index (χ3v) is 10.3. The van der Waals surface area contributed by atoms with Crippen LogP contribution in [-0.4, -0.2) is 44.6 Å². The number of allylic oxidation sites excluding steroid dienone is 6. The van der Waals surface area contributed by atoms with E-state index in [9.17, 15) is 19.8 Å². The third-order valence-electron chi connectivity index (χ3n) is 10.3. The van der Waals surface area contributed by atoms with Crippen LogP contribution in [0.1, 0.15) is 54.4 Å². The highest BCUT2D eigenvalue weighted by Gasteiger charge is 2.47. The molecule has 4 aliphatic rings. The maximum atomic E-state index is 12.0. The van der Waals surface area contributed by atoms with Gasteiger partial charge in [-0.2, -0.15) is 0 Å². The van der Waals surface area contributed by atoms with Crippen LogP contribution in [0.5, 0.6) is 0 Å². The van der Waals surface area contributed by atoms with E-state index >= 15 is 0 Å². The maximum absolute atomic E-state index is 12.0. The number of aromatic nitrogens is 1. The summed E-state index contributed by atoms with van der Waals surface area (Å²) in [7, 11) is 0. The monoisotopic (exact) mass is 704 g/mol. The average molecular weight is 705 g/mol. The van der Waals surface area contributed by atoms with E-state index in [0.29, 0.717) is 5.70 Å². The van der Waals surface area contributed by atoms with Gasteiger partial charge < -0.3 is 20.5 Å². The number of carbonyl (C=O) groups is 2. The summed E-state index contributed by atoms with van der Waals surface area (Å²) in [5, 5.41) is 23.3. The van der Waals surface area contributed by atoms with Gasteiger partial charge in [0.05, 0.1) is 45.4 Å². The maximum Gasteiger partial charge on any atom is 0.335 e. The standard InChI is InChI=1S/C46H32N4O4/c51-44(52)30-13-11-29(12-14-30)43-38-23-22-37(49-38)42(28-7-3-1-4-8-28)36-21-19-34(47-36)27-35-20-25-40(48-35)46(32-9-5-2-6-10-32,41-26-24-39(43)50-41)33-17-15-31(16-18-33)45(53)54/h1-27,40,48-49H,(H,51,52)(H,53,54)/b35-27-,42-36-,43-39-. The van der Waals surface area contributed by atoms with Crippen molar-refractivity contribution >= 4 is 34.5 Å². The molecular formula is C46H32N4O4. The number of nitrogens with one attached hydrogen (secondary N) is 2. The van der Waals surface area contributed by atoms with Crippen molar-refractivity contribution in [3.63, 3.8) is 0 Å². The Morgan fingerprint density at radius 3 is 1.78 bits per heavy atom. The zero-order valence-electron chi connectivity index (χ0n) is 28.8. The molecule has 8 heteroatoms. The predicted octanol–water partition coefficient (Wildman–Crippen LogP) is 8.36. The smallest absolute Gasteiger partial charge is 0.335 e. The lowest BCUT2D eigenvalue weighted by atomic mass is 9.66. The molecule has 0 saturated carbocycles. The minimum absolute atomic E-state index is 0.185. The molecule has 9 rings (SSSR count). The Bertz CT molecular complexity index is 2600. The summed E-state index contributed by atoms with van der Waals surface area (Å²) in [6, 6.07) is 37.9. The van der Waals surface area contributed by atoms with Gasteiger partial charge in [0.2, 0.25) is 0 Å². The molecule has 0 saturated heterocycles. The molecule has 0 radical (unpaired) electrons. The molecule has 2 atom stereocenters. The normalized spacial score (nSPS) is 23.4. The molecule has 5 heterocycles. The van der Waals surface area contributed by atoms with E-state index in [1.807, 2.05) is 103 Å². The Kier molecular flexibility index (Phi) is 7.86. The van der Waals surface area contributed by atoms with Crippen molar-refractivity contribution in [3.05, 3.63) is 226 Å². The van der Waals surface area contributed by atoms with Crippen molar-refractivity contribution in [2.45, 2.75) is 11.5 Å². The fourth-order valence-corrected chi connectivity index (χ4v) is 7.81. The van der Waals surface area contributed by atoms with E-state index < -0.39 is 17.4 Å². The third kappa shape index (κ3) is 5.48. The van der Waals surface area contributed by atoms with E-state index in [-0.39, 0.29) is 17.2 Å². The van der Waals surface area contributed by atoms with Gasteiger partial charge in [0.1, 0.15) is 0 Å². The molecule has 5 aromatic rings. The van der Waals surface area contributed by atoms with Crippen LogP contribution < -0.4 is 5.32 Å². The van der Waals surface area contributed by atoms with Crippen molar-refractivity contribution in [2.75, 3.05) is 0 Å². The van der Waals surface area contributed by atoms with Gasteiger partial charge >= 0.3 is 11.9 Å². The Balaban J connectivity index is 1.34. The van der Waals surface area contributed by atoms with Crippen LogP contribution in [0, 0.1) is 0 Å². The first-order chi connectivity index (χ1) is 26.4. The van der Waals surface area contributed by atoms with Gasteiger partial charge in [-0.05, 0) is 95.1 Å².